The molecule has 3 N–H and O–H groups in total. The molecule has 5 nitrogen and oxygen atoms in total. The van der Waals surface area contributed by atoms with E-state index in [-0.39, 0.29) is 12.5 Å². The summed E-state index contributed by atoms with van der Waals surface area (Å²) in [5.74, 6) is -0.0722. The summed E-state index contributed by atoms with van der Waals surface area (Å²) in [5.41, 5.74) is 0. The summed E-state index contributed by atoms with van der Waals surface area (Å²) in [7, 11) is 5.37. The molecule has 5 heteroatoms. The van der Waals surface area contributed by atoms with Crippen molar-refractivity contribution < 1.29 is 9.90 Å². The van der Waals surface area contributed by atoms with Gasteiger partial charge in [0, 0.05) is 20.1 Å². The van der Waals surface area contributed by atoms with E-state index < -0.39 is 6.10 Å². The molecule has 0 saturated carbocycles. The van der Waals surface area contributed by atoms with Crippen molar-refractivity contribution in [2.45, 2.75) is 6.10 Å². The number of hydrogen-bond acceptors (Lipinski definition) is 4. The largest absolute Gasteiger partial charge is 0.390 e. The second-order valence-electron chi connectivity index (χ2n) is 3.22. The van der Waals surface area contributed by atoms with Crippen LogP contribution in [0.4, 0.5) is 0 Å². The van der Waals surface area contributed by atoms with E-state index in [2.05, 4.69) is 10.6 Å². The van der Waals surface area contributed by atoms with Crippen molar-refractivity contribution >= 4 is 5.91 Å². The predicted octanol–water partition coefficient (Wildman–Crippen LogP) is -1.76. The van der Waals surface area contributed by atoms with Gasteiger partial charge in [0.1, 0.15) is 0 Å². The number of aliphatic hydroxyl groups excluding tert-OH is 1. The Kier molecular flexibility index (Phi) is 6.48. The van der Waals surface area contributed by atoms with Crippen LogP contribution in [0.25, 0.3) is 0 Å². The molecule has 0 aromatic heterocycles. The Balaban J connectivity index is 3.36. The minimum absolute atomic E-state index is 0.0722. The van der Waals surface area contributed by atoms with Crippen molar-refractivity contribution in [1.82, 2.24) is 15.5 Å². The van der Waals surface area contributed by atoms with Crippen LogP contribution in [0, 0.1) is 0 Å². The number of amides is 1. The lowest BCUT2D eigenvalue weighted by atomic mass is 10.3. The molecule has 0 aliphatic rings. The molecule has 1 amide bonds. The fourth-order valence-electron chi connectivity index (χ4n) is 0.927. The molecular weight excluding hydrogens is 170 g/mol. The third-order valence-electron chi connectivity index (χ3n) is 1.52. The first-order valence-electron chi connectivity index (χ1n) is 4.30. The maximum Gasteiger partial charge on any atom is 0.233 e. The topological polar surface area (TPSA) is 64.6 Å². The molecule has 0 bridgehead atoms. The van der Waals surface area contributed by atoms with Crippen LogP contribution in [-0.4, -0.2) is 62.8 Å². The number of aliphatic hydroxyl groups is 1. The predicted molar refractivity (Wildman–Crippen MR) is 51.5 cm³/mol. The van der Waals surface area contributed by atoms with Gasteiger partial charge in [-0.25, -0.2) is 0 Å². The summed E-state index contributed by atoms with van der Waals surface area (Å²) in [6, 6.07) is 0. The van der Waals surface area contributed by atoms with Crippen molar-refractivity contribution in [3.8, 4) is 0 Å². The first kappa shape index (κ1) is 12.3. The van der Waals surface area contributed by atoms with Crippen LogP contribution >= 0.6 is 0 Å². The van der Waals surface area contributed by atoms with Crippen molar-refractivity contribution in [1.29, 1.82) is 0 Å². The first-order chi connectivity index (χ1) is 6.06. The first-order valence-corrected chi connectivity index (χ1v) is 4.30. The SMILES string of the molecule is CNC(=O)CNCC(O)CN(C)C. The van der Waals surface area contributed by atoms with Crippen LogP contribution in [0.3, 0.4) is 0 Å². The fourth-order valence-corrected chi connectivity index (χ4v) is 0.927. The quantitative estimate of drug-likeness (QED) is 0.463. The standard InChI is InChI=1S/C8H19N3O2/c1-9-8(13)5-10-4-7(12)6-11(2)3/h7,10,12H,4-6H2,1-3H3,(H,9,13). The Morgan fingerprint density at radius 3 is 2.62 bits per heavy atom. The second-order valence-corrected chi connectivity index (χ2v) is 3.22. The Labute approximate surface area is 79.1 Å². The molecule has 0 heterocycles. The third kappa shape index (κ3) is 7.70. The van der Waals surface area contributed by atoms with Crippen LogP contribution in [0.2, 0.25) is 0 Å². The Morgan fingerprint density at radius 1 is 1.54 bits per heavy atom. The van der Waals surface area contributed by atoms with Crippen LogP contribution in [0.1, 0.15) is 0 Å². The zero-order chi connectivity index (χ0) is 10.3. The van der Waals surface area contributed by atoms with Gasteiger partial charge in [-0.2, -0.15) is 0 Å². The smallest absolute Gasteiger partial charge is 0.233 e. The van der Waals surface area contributed by atoms with E-state index >= 15 is 0 Å². The number of carbonyl (C=O) groups excluding carboxylic acids is 1. The molecule has 0 aliphatic heterocycles. The molecule has 13 heavy (non-hydrogen) atoms. The Hall–Kier alpha value is -0.650. The summed E-state index contributed by atoms with van der Waals surface area (Å²) in [4.78, 5) is 12.6. The van der Waals surface area contributed by atoms with Crippen molar-refractivity contribution in [2.75, 3.05) is 40.8 Å². The molecule has 0 saturated heterocycles. The maximum absolute atomic E-state index is 10.7. The third-order valence-corrected chi connectivity index (χ3v) is 1.52. The Morgan fingerprint density at radius 2 is 2.15 bits per heavy atom. The highest BCUT2D eigenvalue weighted by molar-refractivity contribution is 5.77. The lowest BCUT2D eigenvalue weighted by Gasteiger charge is -2.15. The van der Waals surface area contributed by atoms with Crippen LogP contribution < -0.4 is 10.6 Å². The lowest BCUT2D eigenvalue weighted by Crippen LogP contribution is -2.39. The van der Waals surface area contributed by atoms with E-state index in [1.807, 2.05) is 19.0 Å². The van der Waals surface area contributed by atoms with Gasteiger partial charge >= 0.3 is 0 Å². The average Bonchev–Trinajstić information content (AvgIpc) is 2.02. The summed E-state index contributed by atoms with van der Waals surface area (Å²) < 4.78 is 0. The summed E-state index contributed by atoms with van der Waals surface area (Å²) in [6.07, 6.45) is -0.431. The molecule has 78 valence electrons. The zero-order valence-electron chi connectivity index (χ0n) is 8.50. The highest BCUT2D eigenvalue weighted by Crippen LogP contribution is 1.83. The van der Waals surface area contributed by atoms with E-state index in [9.17, 15) is 9.90 Å². The normalized spacial score (nSPS) is 13.0. The highest BCUT2D eigenvalue weighted by Gasteiger charge is 2.05. The Bertz CT molecular complexity index is 150. The van der Waals surface area contributed by atoms with Crippen molar-refractivity contribution in [3.63, 3.8) is 0 Å². The number of nitrogens with zero attached hydrogens (tertiary/aromatic N) is 1. The molecule has 0 spiro atoms. The number of carbonyl (C=O) groups is 1. The van der Waals surface area contributed by atoms with E-state index in [0.717, 1.165) is 0 Å². The fraction of sp³-hybridized carbons (Fsp3) is 0.875. The van der Waals surface area contributed by atoms with E-state index in [1.165, 1.54) is 0 Å². The zero-order valence-corrected chi connectivity index (χ0v) is 8.50. The number of rotatable bonds is 6. The van der Waals surface area contributed by atoms with E-state index in [0.29, 0.717) is 13.1 Å². The summed E-state index contributed by atoms with van der Waals surface area (Å²) in [5, 5.41) is 14.7. The van der Waals surface area contributed by atoms with Gasteiger partial charge in [-0.3, -0.25) is 4.79 Å². The average molecular weight is 189 g/mol. The maximum atomic E-state index is 10.7. The van der Waals surface area contributed by atoms with Crippen LogP contribution in [0.15, 0.2) is 0 Å². The molecular formula is C8H19N3O2. The summed E-state index contributed by atoms with van der Waals surface area (Å²) >= 11 is 0. The molecule has 0 rings (SSSR count). The van der Waals surface area contributed by atoms with Gasteiger partial charge in [-0.15, -0.1) is 0 Å². The number of hydrogen-bond donors (Lipinski definition) is 3. The number of nitrogens with one attached hydrogen (secondary N) is 2. The number of likely N-dealkylation sites (N-methyl/N-ethyl adjacent to an activating group) is 2. The monoisotopic (exact) mass is 189 g/mol. The molecule has 0 aromatic carbocycles. The van der Waals surface area contributed by atoms with Crippen molar-refractivity contribution in [2.24, 2.45) is 0 Å². The van der Waals surface area contributed by atoms with Crippen molar-refractivity contribution in [3.05, 3.63) is 0 Å². The molecule has 0 radical (unpaired) electrons. The van der Waals surface area contributed by atoms with Gasteiger partial charge in [-0.1, -0.05) is 0 Å². The van der Waals surface area contributed by atoms with Crippen LogP contribution in [0.5, 0.6) is 0 Å². The van der Waals surface area contributed by atoms with Gasteiger partial charge < -0.3 is 20.6 Å². The van der Waals surface area contributed by atoms with Gasteiger partial charge in [0.05, 0.1) is 12.6 Å². The molecule has 0 aliphatic carbocycles. The van der Waals surface area contributed by atoms with E-state index in [4.69, 9.17) is 0 Å². The minimum Gasteiger partial charge on any atom is -0.390 e. The molecule has 1 atom stereocenters. The van der Waals surface area contributed by atoms with Gasteiger partial charge in [0.25, 0.3) is 0 Å². The van der Waals surface area contributed by atoms with Gasteiger partial charge in [0.2, 0.25) is 5.91 Å². The highest BCUT2D eigenvalue weighted by atomic mass is 16.3. The van der Waals surface area contributed by atoms with E-state index in [1.54, 1.807) is 7.05 Å². The molecule has 0 aromatic rings. The van der Waals surface area contributed by atoms with Gasteiger partial charge in [-0.05, 0) is 14.1 Å². The van der Waals surface area contributed by atoms with Gasteiger partial charge in [0.15, 0.2) is 0 Å². The molecule has 0 fully saturated rings. The second kappa shape index (κ2) is 6.82. The van der Waals surface area contributed by atoms with Crippen LogP contribution in [-0.2, 0) is 4.79 Å². The molecule has 1 unspecified atom stereocenters. The lowest BCUT2D eigenvalue weighted by molar-refractivity contribution is -0.119. The minimum atomic E-state index is -0.431. The summed E-state index contributed by atoms with van der Waals surface area (Å²) in [6.45, 7) is 1.29.